The summed E-state index contributed by atoms with van der Waals surface area (Å²) >= 11 is 1.60. The van der Waals surface area contributed by atoms with E-state index in [1.165, 1.54) is 12.8 Å². The van der Waals surface area contributed by atoms with E-state index >= 15 is 0 Å². The van der Waals surface area contributed by atoms with Crippen LogP contribution in [0.4, 0.5) is 5.69 Å². The molecular formula is C19H28N4OS. The molecule has 0 aromatic carbocycles. The summed E-state index contributed by atoms with van der Waals surface area (Å²) in [4.78, 5) is 20.6. The average Bonchev–Trinajstić information content (AvgIpc) is 2.90. The monoisotopic (exact) mass is 360 g/mol. The Kier molecular flexibility index (Phi) is 5.91. The molecule has 1 aliphatic carbocycles. The van der Waals surface area contributed by atoms with Crippen molar-refractivity contribution < 1.29 is 4.79 Å². The van der Waals surface area contributed by atoms with Crippen LogP contribution in [0.15, 0.2) is 22.0 Å². The maximum atomic E-state index is 13.1. The van der Waals surface area contributed by atoms with E-state index in [1.54, 1.807) is 11.3 Å². The fourth-order valence-corrected chi connectivity index (χ4v) is 4.59. The quantitative estimate of drug-likeness (QED) is 0.783. The Labute approximate surface area is 153 Å². The highest BCUT2D eigenvalue weighted by atomic mass is 32.1. The predicted molar refractivity (Wildman–Crippen MR) is 105 cm³/mol. The summed E-state index contributed by atoms with van der Waals surface area (Å²) in [7, 11) is 0. The molecule has 3 rings (SSSR count). The Balaban J connectivity index is 1.69. The molecule has 0 saturated heterocycles. The second-order valence-electron chi connectivity index (χ2n) is 7.15. The molecule has 0 radical (unpaired) electrons. The second-order valence-corrected chi connectivity index (χ2v) is 8.10. The van der Waals surface area contributed by atoms with Gasteiger partial charge >= 0.3 is 0 Å². The normalized spacial score (nSPS) is 22.3. The van der Waals surface area contributed by atoms with Crippen molar-refractivity contribution in [3.8, 4) is 0 Å². The number of hydrogen-bond acceptors (Lipinski definition) is 5. The number of carbonyl (C=O) groups is 1. The molecule has 5 nitrogen and oxygen atoms in total. The highest BCUT2D eigenvalue weighted by Crippen LogP contribution is 2.37. The topological polar surface area (TPSA) is 84.7 Å². The van der Waals surface area contributed by atoms with Gasteiger partial charge in [-0.2, -0.15) is 0 Å². The van der Waals surface area contributed by atoms with Gasteiger partial charge in [0.15, 0.2) is 0 Å². The second kappa shape index (κ2) is 8.15. The zero-order valence-corrected chi connectivity index (χ0v) is 15.7. The third kappa shape index (κ3) is 4.30. The van der Waals surface area contributed by atoms with Crippen LogP contribution in [0.25, 0.3) is 6.08 Å². The Bertz CT molecular complexity index is 673. The number of carbonyl (C=O) groups excluding carboxylic acids is 1. The molecule has 25 heavy (non-hydrogen) atoms. The first kappa shape index (κ1) is 18.1. The van der Waals surface area contributed by atoms with E-state index in [1.807, 2.05) is 22.4 Å². The molecule has 0 atom stereocenters. The van der Waals surface area contributed by atoms with Gasteiger partial charge in [0.25, 0.3) is 0 Å². The molecule has 2 heterocycles. The molecule has 2 aliphatic rings. The summed E-state index contributed by atoms with van der Waals surface area (Å²) in [5.41, 5.74) is 13.3. The molecule has 6 heteroatoms. The molecule has 4 N–H and O–H groups in total. The minimum absolute atomic E-state index is 0.114. The lowest BCUT2D eigenvalue weighted by atomic mass is 9.73. The van der Waals surface area contributed by atoms with Crippen LogP contribution >= 0.6 is 11.3 Å². The van der Waals surface area contributed by atoms with Crippen LogP contribution in [-0.4, -0.2) is 36.3 Å². The van der Waals surface area contributed by atoms with Crippen LogP contribution in [0.2, 0.25) is 0 Å². The number of thiophene rings is 1. The molecule has 1 aliphatic heterocycles. The third-order valence-electron chi connectivity index (χ3n) is 5.06. The fourth-order valence-electron chi connectivity index (χ4n) is 3.81. The molecule has 1 aromatic rings. The van der Waals surface area contributed by atoms with E-state index in [0.29, 0.717) is 18.2 Å². The van der Waals surface area contributed by atoms with E-state index in [2.05, 4.69) is 11.9 Å². The summed E-state index contributed by atoms with van der Waals surface area (Å²) in [5, 5.41) is 1.99. The maximum Gasteiger partial charge on any atom is 0.250 e. The van der Waals surface area contributed by atoms with E-state index in [9.17, 15) is 4.79 Å². The van der Waals surface area contributed by atoms with Gasteiger partial charge in [-0.3, -0.25) is 4.79 Å². The number of fused-ring (bicyclic) bond motifs is 1. The van der Waals surface area contributed by atoms with Gasteiger partial charge in [-0.05, 0) is 61.6 Å². The maximum absolute atomic E-state index is 13.1. The van der Waals surface area contributed by atoms with Crippen molar-refractivity contribution in [2.45, 2.75) is 39.0 Å². The standard InChI is InChI=1S/C19H28N4OS/c1-2-6-23(12-14-8-13(9-14)3-5-20)19(24)15-10-17-16(4-7-25-17)22-18(21)11-15/h4,7,10,13-14H,2-3,5-6,8-9,11-12,20H2,1H3,(H2,21,22). The summed E-state index contributed by atoms with van der Waals surface area (Å²) in [6.07, 6.45) is 6.88. The smallest absolute Gasteiger partial charge is 0.250 e. The first-order chi connectivity index (χ1) is 12.1. The number of hydrogen-bond donors (Lipinski definition) is 2. The largest absolute Gasteiger partial charge is 0.387 e. The van der Waals surface area contributed by atoms with Crippen LogP contribution in [0.3, 0.4) is 0 Å². The van der Waals surface area contributed by atoms with Crippen LogP contribution in [-0.2, 0) is 4.79 Å². The van der Waals surface area contributed by atoms with Gasteiger partial charge in [-0.25, -0.2) is 4.99 Å². The molecule has 1 aromatic heterocycles. The lowest BCUT2D eigenvalue weighted by Crippen LogP contribution is -2.41. The zero-order valence-electron chi connectivity index (χ0n) is 14.9. The highest BCUT2D eigenvalue weighted by Gasteiger charge is 2.31. The van der Waals surface area contributed by atoms with E-state index in [0.717, 1.165) is 54.5 Å². The first-order valence-corrected chi connectivity index (χ1v) is 10.1. The van der Waals surface area contributed by atoms with Gasteiger partial charge < -0.3 is 16.4 Å². The minimum Gasteiger partial charge on any atom is -0.387 e. The average molecular weight is 361 g/mol. The summed E-state index contributed by atoms with van der Waals surface area (Å²) in [6.45, 7) is 4.53. The number of rotatable bonds is 7. The van der Waals surface area contributed by atoms with Gasteiger partial charge in [0.05, 0.1) is 10.6 Å². The summed E-state index contributed by atoms with van der Waals surface area (Å²) in [5.74, 6) is 1.99. The van der Waals surface area contributed by atoms with E-state index in [-0.39, 0.29) is 5.91 Å². The molecule has 136 valence electrons. The highest BCUT2D eigenvalue weighted by molar-refractivity contribution is 7.11. The van der Waals surface area contributed by atoms with Gasteiger partial charge in [0.1, 0.15) is 5.84 Å². The fraction of sp³-hybridized carbons (Fsp3) is 0.579. The van der Waals surface area contributed by atoms with Gasteiger partial charge in [0.2, 0.25) is 5.91 Å². The van der Waals surface area contributed by atoms with Gasteiger partial charge in [0, 0.05) is 25.1 Å². The molecule has 0 unspecified atom stereocenters. The van der Waals surface area contributed by atoms with Gasteiger partial charge in [-0.15, -0.1) is 11.3 Å². The zero-order chi connectivity index (χ0) is 17.8. The van der Waals surface area contributed by atoms with Crippen molar-refractivity contribution in [1.82, 2.24) is 4.90 Å². The van der Waals surface area contributed by atoms with Crippen LogP contribution < -0.4 is 11.5 Å². The van der Waals surface area contributed by atoms with Crippen LogP contribution in [0.1, 0.15) is 43.9 Å². The predicted octanol–water partition coefficient (Wildman–Crippen LogP) is 3.14. The Morgan fingerprint density at radius 2 is 2.20 bits per heavy atom. The number of nitrogens with two attached hydrogens (primary N) is 2. The van der Waals surface area contributed by atoms with E-state index < -0.39 is 0 Å². The number of aliphatic imine (C=N–C) groups is 1. The molecule has 1 amide bonds. The molecule has 0 spiro atoms. The van der Waals surface area contributed by atoms with E-state index in [4.69, 9.17) is 11.5 Å². The third-order valence-corrected chi connectivity index (χ3v) is 5.91. The molecule has 1 fully saturated rings. The Hall–Kier alpha value is -1.66. The van der Waals surface area contributed by atoms with Crippen molar-refractivity contribution in [3.63, 3.8) is 0 Å². The number of amides is 1. The molecular weight excluding hydrogens is 332 g/mol. The van der Waals surface area contributed by atoms with Crippen LogP contribution in [0, 0.1) is 11.8 Å². The minimum atomic E-state index is 0.114. The number of amidine groups is 1. The lowest BCUT2D eigenvalue weighted by molar-refractivity contribution is -0.128. The first-order valence-electron chi connectivity index (χ1n) is 9.21. The van der Waals surface area contributed by atoms with Crippen molar-refractivity contribution in [2.24, 2.45) is 28.3 Å². The summed E-state index contributed by atoms with van der Waals surface area (Å²) in [6, 6.07) is 1.95. The van der Waals surface area contributed by atoms with Crippen molar-refractivity contribution in [3.05, 3.63) is 21.9 Å². The summed E-state index contributed by atoms with van der Waals surface area (Å²) < 4.78 is 0. The van der Waals surface area contributed by atoms with Crippen molar-refractivity contribution in [2.75, 3.05) is 19.6 Å². The van der Waals surface area contributed by atoms with Crippen molar-refractivity contribution >= 4 is 34.8 Å². The molecule has 0 bridgehead atoms. The lowest BCUT2D eigenvalue weighted by Gasteiger charge is -2.38. The Morgan fingerprint density at radius 3 is 2.92 bits per heavy atom. The SMILES string of the molecule is CCCN(CC1CC(CCN)C1)C(=O)C1=Cc2sccc2N=C(N)C1. The van der Waals surface area contributed by atoms with Crippen LogP contribution in [0.5, 0.6) is 0 Å². The Morgan fingerprint density at radius 1 is 1.40 bits per heavy atom. The molecule has 1 saturated carbocycles. The van der Waals surface area contributed by atoms with Gasteiger partial charge in [-0.1, -0.05) is 6.92 Å². The van der Waals surface area contributed by atoms with Crippen molar-refractivity contribution in [1.29, 1.82) is 0 Å². The number of nitrogens with zero attached hydrogens (tertiary/aromatic N) is 2.